The number of nitrogens with zero attached hydrogens (tertiary/aromatic N) is 2. The van der Waals surface area contributed by atoms with Gasteiger partial charge in [0, 0.05) is 23.0 Å². The minimum Gasteiger partial charge on any atom is -0.308 e. The van der Waals surface area contributed by atoms with Crippen LogP contribution in [0.2, 0.25) is 0 Å². The summed E-state index contributed by atoms with van der Waals surface area (Å²) in [6.45, 7) is 4.68. The van der Waals surface area contributed by atoms with Gasteiger partial charge in [-0.25, -0.2) is 15.8 Å². The number of rotatable bonds is 3. The normalized spacial score (nSPS) is 25.8. The van der Waals surface area contributed by atoms with E-state index in [0.717, 1.165) is 35.0 Å². The van der Waals surface area contributed by atoms with E-state index in [1.165, 1.54) is 36.9 Å². The number of anilines is 1. The highest BCUT2D eigenvalue weighted by Crippen LogP contribution is 2.39. The van der Waals surface area contributed by atoms with Crippen molar-refractivity contribution < 1.29 is 0 Å². The quantitative estimate of drug-likeness (QED) is 0.660. The fourth-order valence-electron chi connectivity index (χ4n) is 3.42. The van der Waals surface area contributed by atoms with Crippen molar-refractivity contribution in [1.29, 1.82) is 0 Å². The van der Waals surface area contributed by atoms with Crippen molar-refractivity contribution in [2.45, 2.75) is 57.0 Å². The lowest BCUT2D eigenvalue weighted by Gasteiger charge is -2.30. The lowest BCUT2D eigenvalue weighted by molar-refractivity contribution is 0.254. The zero-order chi connectivity index (χ0) is 14.1. The molecule has 5 heteroatoms. The Morgan fingerprint density at radius 3 is 2.55 bits per heavy atom. The van der Waals surface area contributed by atoms with E-state index in [1.54, 1.807) is 0 Å². The molecule has 1 fully saturated rings. The van der Waals surface area contributed by atoms with Crippen LogP contribution in [0.25, 0.3) is 0 Å². The van der Waals surface area contributed by atoms with E-state index in [9.17, 15) is 0 Å². The molecule has 1 saturated carbocycles. The van der Waals surface area contributed by atoms with Gasteiger partial charge in [0.2, 0.25) is 0 Å². The largest absolute Gasteiger partial charge is 0.308 e. The molecule has 0 atom stereocenters. The number of hydrazine groups is 1. The van der Waals surface area contributed by atoms with Gasteiger partial charge in [-0.2, -0.15) is 11.8 Å². The van der Waals surface area contributed by atoms with Gasteiger partial charge in [0.15, 0.2) is 0 Å². The molecule has 2 aliphatic rings. The van der Waals surface area contributed by atoms with Crippen molar-refractivity contribution in [3.8, 4) is 0 Å². The zero-order valence-corrected chi connectivity index (χ0v) is 13.2. The second-order valence-corrected chi connectivity index (χ2v) is 7.33. The summed E-state index contributed by atoms with van der Waals surface area (Å²) in [6.07, 6.45) is 5.06. The third kappa shape index (κ3) is 2.66. The number of aromatic nitrogens is 2. The molecule has 0 saturated heterocycles. The molecule has 20 heavy (non-hydrogen) atoms. The molecular formula is C15H24N4S. The van der Waals surface area contributed by atoms with Crippen LogP contribution in [0.3, 0.4) is 0 Å². The van der Waals surface area contributed by atoms with Gasteiger partial charge in [-0.3, -0.25) is 0 Å². The molecule has 4 nitrogen and oxygen atoms in total. The summed E-state index contributed by atoms with van der Waals surface area (Å²) >= 11 is 1.89. The van der Waals surface area contributed by atoms with Crippen LogP contribution < -0.4 is 11.3 Å². The average Bonchev–Trinajstić information content (AvgIpc) is 2.94. The van der Waals surface area contributed by atoms with Gasteiger partial charge in [0.1, 0.15) is 11.6 Å². The summed E-state index contributed by atoms with van der Waals surface area (Å²) in [6, 6.07) is 0. The second kappa shape index (κ2) is 5.90. The first-order valence-corrected chi connectivity index (χ1v) is 8.78. The van der Waals surface area contributed by atoms with E-state index in [-0.39, 0.29) is 0 Å². The Balaban J connectivity index is 1.78. The van der Waals surface area contributed by atoms with Crippen molar-refractivity contribution >= 4 is 17.6 Å². The molecule has 0 amide bonds. The summed E-state index contributed by atoms with van der Waals surface area (Å²) in [7, 11) is 0. The van der Waals surface area contributed by atoms with Crippen LogP contribution in [0.1, 0.15) is 62.5 Å². The van der Waals surface area contributed by atoms with Crippen molar-refractivity contribution in [1.82, 2.24) is 9.97 Å². The number of hydrogen-bond donors (Lipinski definition) is 2. The smallest absolute Gasteiger partial charge is 0.148 e. The third-order valence-corrected chi connectivity index (χ3v) is 5.78. The maximum Gasteiger partial charge on any atom is 0.148 e. The molecule has 0 bridgehead atoms. The molecule has 0 aromatic carbocycles. The minimum absolute atomic E-state index is 0.521. The monoisotopic (exact) mass is 292 g/mol. The Kier molecular flexibility index (Phi) is 4.17. The Hall–Kier alpha value is -0.810. The Morgan fingerprint density at radius 1 is 1.15 bits per heavy atom. The van der Waals surface area contributed by atoms with Crippen molar-refractivity contribution in [2.75, 3.05) is 5.43 Å². The number of nitrogens with one attached hydrogen (secondary N) is 1. The standard InChI is InChI=1S/C15H24N4S/c1-9(2)10-3-5-11(6-4-10)14-17-13-8-20-7-12(13)15(18-14)19-16/h9-11H,3-8,16H2,1-2H3,(H,17,18,19). The molecule has 0 unspecified atom stereocenters. The number of thioether (sulfide) groups is 1. The minimum atomic E-state index is 0.521. The molecular weight excluding hydrogens is 268 g/mol. The molecule has 3 N–H and O–H groups in total. The number of hydrogen-bond acceptors (Lipinski definition) is 5. The molecule has 2 heterocycles. The molecule has 1 aromatic rings. The topological polar surface area (TPSA) is 63.8 Å². The highest BCUT2D eigenvalue weighted by Gasteiger charge is 2.28. The first kappa shape index (κ1) is 14.1. The van der Waals surface area contributed by atoms with Crippen LogP contribution in [-0.4, -0.2) is 9.97 Å². The zero-order valence-electron chi connectivity index (χ0n) is 12.4. The van der Waals surface area contributed by atoms with Crippen LogP contribution >= 0.6 is 11.8 Å². The highest BCUT2D eigenvalue weighted by atomic mass is 32.2. The molecule has 0 radical (unpaired) electrons. The number of fused-ring (bicyclic) bond motifs is 1. The Morgan fingerprint density at radius 2 is 1.90 bits per heavy atom. The van der Waals surface area contributed by atoms with E-state index in [4.69, 9.17) is 15.8 Å². The van der Waals surface area contributed by atoms with Gasteiger partial charge in [0.05, 0.1) is 5.69 Å². The van der Waals surface area contributed by atoms with Gasteiger partial charge < -0.3 is 5.43 Å². The number of nitrogen functional groups attached to an aromatic ring is 1. The molecule has 1 aromatic heterocycles. The van der Waals surface area contributed by atoms with Crippen molar-refractivity contribution in [3.63, 3.8) is 0 Å². The first-order chi connectivity index (χ1) is 9.69. The summed E-state index contributed by atoms with van der Waals surface area (Å²) in [4.78, 5) is 9.52. The van der Waals surface area contributed by atoms with Gasteiger partial charge in [-0.1, -0.05) is 13.8 Å². The van der Waals surface area contributed by atoms with Gasteiger partial charge in [-0.15, -0.1) is 0 Å². The number of nitrogens with two attached hydrogens (primary N) is 1. The van der Waals surface area contributed by atoms with Crippen LogP contribution in [0, 0.1) is 11.8 Å². The maximum absolute atomic E-state index is 5.63. The molecule has 1 aliphatic heterocycles. The summed E-state index contributed by atoms with van der Waals surface area (Å²) in [5, 5.41) is 0. The van der Waals surface area contributed by atoms with Gasteiger partial charge in [-0.05, 0) is 37.5 Å². The average molecular weight is 292 g/mol. The molecule has 1 aliphatic carbocycles. The molecule has 3 rings (SSSR count). The fraction of sp³-hybridized carbons (Fsp3) is 0.733. The van der Waals surface area contributed by atoms with Crippen LogP contribution in [0.4, 0.5) is 5.82 Å². The van der Waals surface area contributed by atoms with Crippen LogP contribution in [0.15, 0.2) is 0 Å². The first-order valence-electron chi connectivity index (χ1n) is 7.63. The lowest BCUT2D eigenvalue weighted by Crippen LogP contribution is -2.20. The van der Waals surface area contributed by atoms with Crippen LogP contribution in [-0.2, 0) is 11.5 Å². The van der Waals surface area contributed by atoms with Gasteiger partial charge in [0.25, 0.3) is 0 Å². The summed E-state index contributed by atoms with van der Waals surface area (Å²) in [5.74, 6) is 11.7. The molecule has 0 spiro atoms. The van der Waals surface area contributed by atoms with Crippen molar-refractivity contribution in [3.05, 3.63) is 17.1 Å². The van der Waals surface area contributed by atoms with E-state index in [1.807, 2.05) is 11.8 Å². The maximum atomic E-state index is 5.63. The van der Waals surface area contributed by atoms with E-state index in [2.05, 4.69) is 19.3 Å². The van der Waals surface area contributed by atoms with E-state index in [0.29, 0.717) is 5.92 Å². The predicted octanol–water partition coefficient (Wildman–Crippen LogP) is 3.44. The van der Waals surface area contributed by atoms with Crippen molar-refractivity contribution in [2.24, 2.45) is 17.7 Å². The summed E-state index contributed by atoms with van der Waals surface area (Å²) < 4.78 is 0. The molecule has 110 valence electrons. The highest BCUT2D eigenvalue weighted by molar-refractivity contribution is 7.98. The second-order valence-electron chi connectivity index (χ2n) is 6.35. The van der Waals surface area contributed by atoms with E-state index < -0.39 is 0 Å². The Labute approximate surface area is 125 Å². The van der Waals surface area contributed by atoms with Crippen LogP contribution in [0.5, 0.6) is 0 Å². The Bertz CT molecular complexity index is 481. The lowest BCUT2D eigenvalue weighted by atomic mass is 9.76. The SMILES string of the molecule is CC(C)C1CCC(c2nc3c(c(NN)n2)CSC3)CC1. The van der Waals surface area contributed by atoms with E-state index >= 15 is 0 Å². The third-order valence-electron chi connectivity index (χ3n) is 4.81. The van der Waals surface area contributed by atoms with Gasteiger partial charge >= 0.3 is 0 Å². The fourth-order valence-corrected chi connectivity index (χ4v) is 4.46. The predicted molar refractivity (Wildman–Crippen MR) is 84.4 cm³/mol. The summed E-state index contributed by atoms with van der Waals surface area (Å²) in [5.41, 5.74) is 5.17.